The fourth-order valence-corrected chi connectivity index (χ4v) is 2.15. The molecular formula is C13H18N2O2. The fourth-order valence-electron chi connectivity index (χ4n) is 2.15. The molecule has 1 aromatic carbocycles. The molecule has 0 saturated carbocycles. The van der Waals surface area contributed by atoms with Crippen molar-refractivity contribution in [3.63, 3.8) is 0 Å². The van der Waals surface area contributed by atoms with Gasteiger partial charge in [0.2, 0.25) is 0 Å². The summed E-state index contributed by atoms with van der Waals surface area (Å²) in [4.78, 5) is 14.1. The Morgan fingerprint density at radius 3 is 3.06 bits per heavy atom. The maximum Gasteiger partial charge on any atom is 0.254 e. The molecule has 1 heterocycles. The maximum atomic E-state index is 12.2. The van der Waals surface area contributed by atoms with E-state index in [0.717, 1.165) is 37.1 Å². The highest BCUT2D eigenvalue weighted by molar-refractivity contribution is 5.97. The molecule has 4 nitrogen and oxygen atoms in total. The van der Waals surface area contributed by atoms with Gasteiger partial charge in [0.25, 0.3) is 5.91 Å². The molecule has 1 aliphatic heterocycles. The summed E-state index contributed by atoms with van der Waals surface area (Å²) in [5.41, 5.74) is 8.23. The molecule has 0 spiro atoms. The first-order valence-corrected chi connectivity index (χ1v) is 5.89. The van der Waals surface area contributed by atoms with Gasteiger partial charge in [0.15, 0.2) is 0 Å². The molecule has 0 unspecified atom stereocenters. The summed E-state index contributed by atoms with van der Waals surface area (Å²) < 4.78 is 5.00. The van der Waals surface area contributed by atoms with E-state index in [1.807, 2.05) is 17.0 Å². The zero-order valence-corrected chi connectivity index (χ0v) is 10.1. The lowest BCUT2D eigenvalue weighted by Crippen LogP contribution is -2.38. The predicted octanol–water partition coefficient (Wildman–Crippen LogP) is 1.30. The largest absolute Gasteiger partial charge is 0.399 e. The van der Waals surface area contributed by atoms with Crippen molar-refractivity contribution >= 4 is 11.6 Å². The zero-order valence-electron chi connectivity index (χ0n) is 10.1. The fraction of sp³-hybridized carbons (Fsp3) is 0.462. The third-order valence-electron chi connectivity index (χ3n) is 3.08. The standard InChI is InChI=1S/C13H18N2O2/c1-17-8-2-6-15-7-5-10-3-4-11(14)9-12(10)13(15)16/h3-4,9H,2,5-8,14H2,1H3. The van der Waals surface area contributed by atoms with Crippen molar-refractivity contribution in [3.8, 4) is 0 Å². The Morgan fingerprint density at radius 1 is 1.47 bits per heavy atom. The number of carbonyl (C=O) groups is 1. The third-order valence-corrected chi connectivity index (χ3v) is 3.08. The van der Waals surface area contributed by atoms with Gasteiger partial charge in [-0.3, -0.25) is 4.79 Å². The van der Waals surface area contributed by atoms with E-state index in [4.69, 9.17) is 10.5 Å². The van der Waals surface area contributed by atoms with Gasteiger partial charge in [0.1, 0.15) is 0 Å². The molecule has 0 bridgehead atoms. The van der Waals surface area contributed by atoms with Gasteiger partial charge < -0.3 is 15.4 Å². The number of fused-ring (bicyclic) bond motifs is 1. The summed E-state index contributed by atoms with van der Waals surface area (Å²) in [5, 5.41) is 0. The van der Waals surface area contributed by atoms with Gasteiger partial charge in [-0.2, -0.15) is 0 Å². The molecule has 1 aliphatic rings. The van der Waals surface area contributed by atoms with Crippen LogP contribution in [0.3, 0.4) is 0 Å². The number of methoxy groups -OCH3 is 1. The van der Waals surface area contributed by atoms with E-state index in [1.54, 1.807) is 13.2 Å². The van der Waals surface area contributed by atoms with Crippen LogP contribution in [0.25, 0.3) is 0 Å². The Labute approximate surface area is 101 Å². The number of anilines is 1. The molecule has 2 rings (SSSR count). The van der Waals surface area contributed by atoms with Crippen molar-refractivity contribution in [2.75, 3.05) is 32.5 Å². The number of hydrogen-bond donors (Lipinski definition) is 1. The number of nitrogen functional groups attached to an aromatic ring is 1. The van der Waals surface area contributed by atoms with Gasteiger partial charge in [0, 0.05) is 38.1 Å². The highest BCUT2D eigenvalue weighted by Gasteiger charge is 2.23. The van der Waals surface area contributed by atoms with E-state index >= 15 is 0 Å². The lowest BCUT2D eigenvalue weighted by molar-refractivity contribution is 0.0721. The molecule has 4 heteroatoms. The van der Waals surface area contributed by atoms with Gasteiger partial charge >= 0.3 is 0 Å². The van der Waals surface area contributed by atoms with Crippen molar-refractivity contribution in [2.24, 2.45) is 0 Å². The maximum absolute atomic E-state index is 12.2. The molecular weight excluding hydrogens is 216 g/mol. The first-order valence-electron chi connectivity index (χ1n) is 5.89. The Bertz CT molecular complexity index is 418. The Hall–Kier alpha value is -1.55. The normalized spacial score (nSPS) is 14.9. The van der Waals surface area contributed by atoms with Gasteiger partial charge in [0.05, 0.1) is 0 Å². The van der Waals surface area contributed by atoms with Crippen molar-refractivity contribution in [3.05, 3.63) is 29.3 Å². The van der Waals surface area contributed by atoms with E-state index in [2.05, 4.69) is 0 Å². The van der Waals surface area contributed by atoms with Crippen LogP contribution in [-0.2, 0) is 11.2 Å². The molecule has 0 fully saturated rings. The van der Waals surface area contributed by atoms with E-state index in [1.165, 1.54) is 0 Å². The van der Waals surface area contributed by atoms with Crippen molar-refractivity contribution in [1.82, 2.24) is 4.90 Å². The van der Waals surface area contributed by atoms with Crippen molar-refractivity contribution in [2.45, 2.75) is 12.8 Å². The average Bonchev–Trinajstić information content (AvgIpc) is 2.33. The van der Waals surface area contributed by atoms with Crippen LogP contribution in [-0.4, -0.2) is 37.6 Å². The number of hydrogen-bond acceptors (Lipinski definition) is 3. The van der Waals surface area contributed by atoms with Gasteiger partial charge in [-0.1, -0.05) is 6.07 Å². The van der Waals surface area contributed by atoms with Crippen LogP contribution in [0.1, 0.15) is 22.3 Å². The minimum atomic E-state index is 0.0923. The summed E-state index contributed by atoms with van der Waals surface area (Å²) in [7, 11) is 1.67. The monoisotopic (exact) mass is 234 g/mol. The van der Waals surface area contributed by atoms with Crippen molar-refractivity contribution < 1.29 is 9.53 Å². The smallest absolute Gasteiger partial charge is 0.254 e. The number of nitrogens with zero attached hydrogens (tertiary/aromatic N) is 1. The molecule has 1 amide bonds. The van der Waals surface area contributed by atoms with E-state index in [0.29, 0.717) is 12.3 Å². The predicted molar refractivity (Wildman–Crippen MR) is 67.0 cm³/mol. The lowest BCUT2D eigenvalue weighted by Gasteiger charge is -2.28. The molecule has 0 aromatic heterocycles. The third kappa shape index (κ3) is 2.58. The molecule has 0 saturated heterocycles. The molecule has 17 heavy (non-hydrogen) atoms. The molecule has 1 aromatic rings. The van der Waals surface area contributed by atoms with Gasteiger partial charge in [-0.05, 0) is 30.5 Å². The minimum Gasteiger partial charge on any atom is -0.399 e. The van der Waals surface area contributed by atoms with Crippen LogP contribution in [0.4, 0.5) is 5.69 Å². The zero-order chi connectivity index (χ0) is 12.3. The lowest BCUT2D eigenvalue weighted by atomic mass is 9.98. The van der Waals surface area contributed by atoms with Crippen LogP contribution in [0.5, 0.6) is 0 Å². The van der Waals surface area contributed by atoms with E-state index in [9.17, 15) is 4.79 Å². The number of rotatable bonds is 4. The van der Waals surface area contributed by atoms with Gasteiger partial charge in [-0.25, -0.2) is 0 Å². The molecule has 0 aliphatic carbocycles. The molecule has 0 atom stereocenters. The highest BCUT2D eigenvalue weighted by Crippen LogP contribution is 2.21. The number of benzene rings is 1. The summed E-state index contributed by atoms with van der Waals surface area (Å²) in [6, 6.07) is 5.59. The quantitative estimate of drug-likeness (QED) is 0.631. The van der Waals surface area contributed by atoms with Gasteiger partial charge in [-0.15, -0.1) is 0 Å². The summed E-state index contributed by atoms with van der Waals surface area (Å²) in [5.74, 6) is 0.0923. The number of ether oxygens (including phenoxy) is 1. The molecule has 2 N–H and O–H groups in total. The Morgan fingerprint density at radius 2 is 2.29 bits per heavy atom. The summed E-state index contributed by atoms with van der Waals surface area (Å²) in [6.45, 7) is 2.23. The first-order chi connectivity index (χ1) is 8.22. The van der Waals surface area contributed by atoms with Crippen LogP contribution >= 0.6 is 0 Å². The Kier molecular flexibility index (Phi) is 3.64. The summed E-state index contributed by atoms with van der Waals surface area (Å²) in [6.07, 6.45) is 1.79. The SMILES string of the molecule is COCCCN1CCc2ccc(N)cc2C1=O. The number of nitrogens with two attached hydrogens (primary N) is 1. The Balaban J connectivity index is 2.09. The first kappa shape index (κ1) is 11.9. The topological polar surface area (TPSA) is 55.6 Å². The van der Waals surface area contributed by atoms with Crippen LogP contribution in [0, 0.1) is 0 Å². The van der Waals surface area contributed by atoms with Crippen LogP contribution in [0.2, 0.25) is 0 Å². The molecule has 92 valence electrons. The second kappa shape index (κ2) is 5.19. The second-order valence-corrected chi connectivity index (χ2v) is 4.31. The van der Waals surface area contributed by atoms with Crippen LogP contribution in [0.15, 0.2) is 18.2 Å². The minimum absolute atomic E-state index is 0.0923. The summed E-state index contributed by atoms with van der Waals surface area (Å²) >= 11 is 0. The van der Waals surface area contributed by atoms with Crippen LogP contribution < -0.4 is 5.73 Å². The van der Waals surface area contributed by atoms with Crippen molar-refractivity contribution in [1.29, 1.82) is 0 Å². The molecule has 0 radical (unpaired) electrons. The van der Waals surface area contributed by atoms with E-state index < -0.39 is 0 Å². The van der Waals surface area contributed by atoms with E-state index in [-0.39, 0.29) is 5.91 Å². The highest BCUT2D eigenvalue weighted by atomic mass is 16.5. The number of amides is 1. The second-order valence-electron chi connectivity index (χ2n) is 4.31. The number of carbonyl (C=O) groups excluding carboxylic acids is 1. The average molecular weight is 234 g/mol.